The van der Waals surface area contributed by atoms with Crippen LogP contribution in [0.15, 0.2) is 42.6 Å². The van der Waals surface area contributed by atoms with Crippen LogP contribution in [-0.2, 0) is 9.53 Å². The first kappa shape index (κ1) is 17.4. The van der Waals surface area contributed by atoms with Crippen molar-refractivity contribution in [1.82, 2.24) is 15.8 Å². The SMILES string of the molecule is O=C(COC(=O)c1cccnc1Cl)NNC(=O)c1ccc(F)cc1. The molecule has 2 aromatic rings. The van der Waals surface area contributed by atoms with E-state index in [9.17, 15) is 18.8 Å². The van der Waals surface area contributed by atoms with E-state index >= 15 is 0 Å². The molecule has 2 amide bonds. The molecular weight excluding hydrogens is 341 g/mol. The van der Waals surface area contributed by atoms with Crippen LogP contribution in [-0.4, -0.2) is 29.4 Å². The second-order valence-electron chi connectivity index (χ2n) is 4.43. The monoisotopic (exact) mass is 351 g/mol. The lowest BCUT2D eigenvalue weighted by Gasteiger charge is -2.08. The standard InChI is InChI=1S/C15H11ClFN3O4/c16-13-11(2-1-7-18-13)15(23)24-8-12(21)19-20-14(22)9-3-5-10(17)6-4-9/h1-7H,8H2,(H,19,21)(H,20,22). The molecule has 124 valence electrons. The van der Waals surface area contributed by atoms with Gasteiger partial charge in [-0.25, -0.2) is 14.2 Å². The van der Waals surface area contributed by atoms with E-state index in [4.69, 9.17) is 16.3 Å². The lowest BCUT2D eigenvalue weighted by atomic mass is 10.2. The summed E-state index contributed by atoms with van der Waals surface area (Å²) in [5, 5.41) is -0.0486. The average Bonchev–Trinajstić information content (AvgIpc) is 2.58. The lowest BCUT2D eigenvalue weighted by Crippen LogP contribution is -2.43. The number of aromatic nitrogens is 1. The van der Waals surface area contributed by atoms with Crippen molar-refractivity contribution in [3.8, 4) is 0 Å². The number of carbonyl (C=O) groups excluding carboxylic acids is 3. The van der Waals surface area contributed by atoms with Crippen molar-refractivity contribution in [2.24, 2.45) is 0 Å². The topological polar surface area (TPSA) is 97.4 Å². The maximum absolute atomic E-state index is 12.7. The molecule has 1 aromatic heterocycles. The van der Waals surface area contributed by atoms with E-state index in [1.165, 1.54) is 30.5 Å². The Morgan fingerprint density at radius 1 is 1.12 bits per heavy atom. The molecule has 1 aromatic carbocycles. The molecule has 1 heterocycles. The second kappa shape index (κ2) is 8.02. The highest BCUT2D eigenvalue weighted by atomic mass is 35.5. The quantitative estimate of drug-likeness (QED) is 0.494. The Bertz CT molecular complexity index is 768. The zero-order chi connectivity index (χ0) is 17.5. The highest BCUT2D eigenvalue weighted by Gasteiger charge is 2.14. The lowest BCUT2D eigenvalue weighted by molar-refractivity contribution is -0.125. The summed E-state index contributed by atoms with van der Waals surface area (Å²) in [4.78, 5) is 38.6. The minimum Gasteiger partial charge on any atom is -0.452 e. The van der Waals surface area contributed by atoms with Crippen molar-refractivity contribution < 1.29 is 23.5 Å². The molecule has 2 N–H and O–H groups in total. The van der Waals surface area contributed by atoms with Crippen LogP contribution in [0.3, 0.4) is 0 Å². The van der Waals surface area contributed by atoms with Gasteiger partial charge in [0.25, 0.3) is 11.8 Å². The molecule has 7 nitrogen and oxygen atoms in total. The van der Waals surface area contributed by atoms with Crippen molar-refractivity contribution >= 4 is 29.4 Å². The van der Waals surface area contributed by atoms with Gasteiger partial charge in [0.1, 0.15) is 11.0 Å². The highest BCUT2D eigenvalue weighted by Crippen LogP contribution is 2.12. The number of hydrogen-bond acceptors (Lipinski definition) is 5. The number of halogens is 2. The van der Waals surface area contributed by atoms with E-state index < -0.39 is 30.2 Å². The van der Waals surface area contributed by atoms with Crippen molar-refractivity contribution in [1.29, 1.82) is 0 Å². The maximum atomic E-state index is 12.7. The average molecular weight is 352 g/mol. The third kappa shape index (κ3) is 4.75. The number of ether oxygens (including phenoxy) is 1. The third-order valence-electron chi connectivity index (χ3n) is 2.74. The molecule has 24 heavy (non-hydrogen) atoms. The molecule has 0 aliphatic heterocycles. The minimum atomic E-state index is -0.826. The van der Waals surface area contributed by atoms with Crippen LogP contribution in [0, 0.1) is 5.82 Å². The number of nitrogens with zero attached hydrogens (tertiary/aromatic N) is 1. The molecular formula is C15H11ClFN3O4. The molecule has 0 saturated carbocycles. The fourth-order valence-corrected chi connectivity index (χ4v) is 1.78. The number of amides is 2. The number of rotatable bonds is 4. The summed E-state index contributed by atoms with van der Waals surface area (Å²) >= 11 is 5.72. The van der Waals surface area contributed by atoms with Gasteiger partial charge in [0, 0.05) is 11.8 Å². The Kier molecular flexibility index (Phi) is 5.80. The number of pyridine rings is 1. The maximum Gasteiger partial charge on any atom is 0.341 e. The summed E-state index contributed by atoms with van der Waals surface area (Å²) in [7, 11) is 0. The Morgan fingerprint density at radius 2 is 1.83 bits per heavy atom. The van der Waals surface area contributed by atoms with Crippen LogP contribution in [0.5, 0.6) is 0 Å². The molecule has 9 heteroatoms. The first-order valence-corrected chi connectivity index (χ1v) is 6.97. The second-order valence-corrected chi connectivity index (χ2v) is 4.79. The first-order valence-electron chi connectivity index (χ1n) is 6.60. The molecule has 0 atom stereocenters. The van der Waals surface area contributed by atoms with Crippen molar-refractivity contribution in [3.05, 3.63) is 64.7 Å². The summed E-state index contributed by atoms with van der Waals surface area (Å²) in [6.45, 7) is -0.631. The van der Waals surface area contributed by atoms with Gasteiger partial charge in [-0.15, -0.1) is 0 Å². The predicted octanol–water partition coefficient (Wildman–Crippen LogP) is 1.49. The molecule has 2 rings (SSSR count). The Balaban J connectivity index is 1.79. The largest absolute Gasteiger partial charge is 0.452 e. The molecule has 0 saturated heterocycles. The number of nitrogens with one attached hydrogen (secondary N) is 2. The van der Waals surface area contributed by atoms with E-state index in [1.54, 1.807) is 0 Å². The van der Waals surface area contributed by atoms with Crippen LogP contribution < -0.4 is 10.9 Å². The van der Waals surface area contributed by atoms with E-state index in [0.717, 1.165) is 12.1 Å². The summed E-state index contributed by atoms with van der Waals surface area (Å²) in [6, 6.07) is 7.60. The van der Waals surface area contributed by atoms with Crippen molar-refractivity contribution in [2.75, 3.05) is 6.61 Å². The fourth-order valence-electron chi connectivity index (χ4n) is 1.58. The molecule has 0 fully saturated rings. The van der Waals surface area contributed by atoms with Gasteiger partial charge in [0.05, 0.1) is 5.56 Å². The number of benzene rings is 1. The number of hydrazine groups is 1. The Labute approximate surface area is 140 Å². The van der Waals surface area contributed by atoms with Crippen LogP contribution in [0.1, 0.15) is 20.7 Å². The zero-order valence-electron chi connectivity index (χ0n) is 12.1. The van der Waals surface area contributed by atoms with Gasteiger partial charge in [0.15, 0.2) is 6.61 Å². The number of esters is 1. The fraction of sp³-hybridized carbons (Fsp3) is 0.0667. The predicted molar refractivity (Wildman–Crippen MR) is 81.5 cm³/mol. The van der Waals surface area contributed by atoms with Gasteiger partial charge in [-0.1, -0.05) is 11.6 Å². The van der Waals surface area contributed by atoms with E-state index in [-0.39, 0.29) is 16.3 Å². The van der Waals surface area contributed by atoms with Gasteiger partial charge in [-0.05, 0) is 36.4 Å². The van der Waals surface area contributed by atoms with Gasteiger partial charge in [-0.3, -0.25) is 20.4 Å². The third-order valence-corrected chi connectivity index (χ3v) is 3.04. The van der Waals surface area contributed by atoms with Crippen molar-refractivity contribution in [2.45, 2.75) is 0 Å². The molecule has 0 spiro atoms. The summed E-state index contributed by atoms with van der Waals surface area (Å²) < 4.78 is 17.5. The minimum absolute atomic E-state index is 0.0160. The summed E-state index contributed by atoms with van der Waals surface area (Å²) in [5.74, 6) is -2.73. The molecule has 0 bridgehead atoms. The van der Waals surface area contributed by atoms with Gasteiger partial charge in [0.2, 0.25) is 0 Å². The van der Waals surface area contributed by atoms with Gasteiger partial charge in [-0.2, -0.15) is 0 Å². The van der Waals surface area contributed by atoms with E-state index in [0.29, 0.717) is 0 Å². The normalized spacial score (nSPS) is 9.92. The smallest absolute Gasteiger partial charge is 0.341 e. The van der Waals surface area contributed by atoms with Crippen LogP contribution >= 0.6 is 11.6 Å². The zero-order valence-corrected chi connectivity index (χ0v) is 12.8. The Morgan fingerprint density at radius 3 is 2.50 bits per heavy atom. The molecule has 0 unspecified atom stereocenters. The van der Waals surface area contributed by atoms with E-state index in [2.05, 4.69) is 15.8 Å². The van der Waals surface area contributed by atoms with Crippen molar-refractivity contribution in [3.63, 3.8) is 0 Å². The van der Waals surface area contributed by atoms with Crippen LogP contribution in [0.25, 0.3) is 0 Å². The van der Waals surface area contributed by atoms with Gasteiger partial charge >= 0.3 is 5.97 Å². The Hall–Kier alpha value is -3.00. The summed E-state index contributed by atoms with van der Waals surface area (Å²) in [6.07, 6.45) is 1.40. The van der Waals surface area contributed by atoms with Gasteiger partial charge < -0.3 is 4.74 Å². The highest BCUT2D eigenvalue weighted by molar-refractivity contribution is 6.32. The van der Waals surface area contributed by atoms with Crippen LogP contribution in [0.2, 0.25) is 5.15 Å². The van der Waals surface area contributed by atoms with Crippen LogP contribution in [0.4, 0.5) is 4.39 Å². The molecule has 0 aliphatic carbocycles. The molecule has 0 aliphatic rings. The summed E-state index contributed by atoms with van der Waals surface area (Å²) in [5.41, 5.74) is 4.33. The number of hydrogen-bond donors (Lipinski definition) is 2. The number of carbonyl (C=O) groups is 3. The first-order chi connectivity index (χ1) is 11.5. The molecule has 0 radical (unpaired) electrons. The van der Waals surface area contributed by atoms with E-state index in [1.807, 2.05) is 0 Å².